The van der Waals surface area contributed by atoms with Crippen LogP contribution in [0, 0.1) is 0 Å². The number of hydrogen-bond acceptors (Lipinski definition) is 7. The minimum Gasteiger partial charge on any atom is -0.506 e. The number of anilines is 1. The summed E-state index contributed by atoms with van der Waals surface area (Å²) in [5.41, 5.74) is -0.331. The number of hydrogen-bond donors (Lipinski definition) is 2. The van der Waals surface area contributed by atoms with E-state index >= 15 is 0 Å². The van der Waals surface area contributed by atoms with Crippen LogP contribution >= 0.6 is 0 Å². The second kappa shape index (κ2) is 6.31. The third-order valence-corrected chi connectivity index (χ3v) is 4.53. The first-order chi connectivity index (χ1) is 9.55. The summed E-state index contributed by atoms with van der Waals surface area (Å²) in [6, 6.07) is 3.14. The summed E-state index contributed by atoms with van der Waals surface area (Å²) in [5, 5.41) is 9.56. The zero-order valence-electron chi connectivity index (χ0n) is 11.4. The van der Waals surface area contributed by atoms with Crippen LogP contribution in [0.15, 0.2) is 23.1 Å². The molecule has 0 aromatic heterocycles. The Bertz CT molecular complexity index is 738. The van der Waals surface area contributed by atoms with Crippen LogP contribution < -0.4 is 4.72 Å². The Kier molecular flexibility index (Phi) is 5.18. The third-order valence-electron chi connectivity index (χ3n) is 2.27. The van der Waals surface area contributed by atoms with Gasteiger partial charge in [0.1, 0.15) is 5.75 Å². The molecule has 0 radical (unpaired) electrons. The number of sulfone groups is 1. The van der Waals surface area contributed by atoms with Crippen molar-refractivity contribution in [2.45, 2.75) is 11.8 Å². The van der Waals surface area contributed by atoms with E-state index in [1.807, 2.05) is 4.72 Å². The summed E-state index contributed by atoms with van der Waals surface area (Å²) in [7, 11) is -7.69. The molecular formula is C11H15NO7S2. The molecule has 1 aromatic carbocycles. The van der Waals surface area contributed by atoms with E-state index < -0.39 is 37.3 Å². The summed E-state index contributed by atoms with van der Waals surface area (Å²) in [5.74, 6) is -2.36. The van der Waals surface area contributed by atoms with Crippen LogP contribution in [-0.2, 0) is 29.4 Å². The SMILES string of the molecule is CCOC(=O)CS(=O)(=O)Nc1cc(S(C)(=O)=O)ccc1O. The number of phenols is 1. The lowest BCUT2D eigenvalue weighted by molar-refractivity contribution is -0.139. The van der Waals surface area contributed by atoms with Gasteiger partial charge in [-0.3, -0.25) is 9.52 Å². The molecule has 0 heterocycles. The van der Waals surface area contributed by atoms with Gasteiger partial charge in [-0.05, 0) is 25.1 Å². The number of nitrogens with one attached hydrogen (secondary N) is 1. The zero-order chi connectivity index (χ0) is 16.3. The highest BCUT2D eigenvalue weighted by Gasteiger charge is 2.20. The van der Waals surface area contributed by atoms with E-state index in [0.717, 1.165) is 24.5 Å². The highest BCUT2D eigenvalue weighted by Crippen LogP contribution is 2.27. The van der Waals surface area contributed by atoms with Gasteiger partial charge in [-0.15, -0.1) is 0 Å². The molecule has 0 amide bonds. The summed E-state index contributed by atoms with van der Waals surface area (Å²) in [6.45, 7) is 1.56. The van der Waals surface area contributed by atoms with E-state index in [1.54, 1.807) is 0 Å². The maximum absolute atomic E-state index is 11.7. The van der Waals surface area contributed by atoms with E-state index in [-0.39, 0.29) is 17.2 Å². The Balaban J connectivity index is 3.04. The van der Waals surface area contributed by atoms with Crippen LogP contribution in [0.25, 0.3) is 0 Å². The van der Waals surface area contributed by atoms with Crippen molar-refractivity contribution in [2.75, 3.05) is 23.3 Å². The van der Waals surface area contributed by atoms with Gasteiger partial charge in [-0.2, -0.15) is 0 Å². The molecule has 0 saturated carbocycles. The molecule has 1 aromatic rings. The molecule has 0 unspecified atom stereocenters. The van der Waals surface area contributed by atoms with Gasteiger partial charge in [-0.1, -0.05) is 0 Å². The fraction of sp³-hybridized carbons (Fsp3) is 0.364. The molecule has 8 nitrogen and oxygen atoms in total. The van der Waals surface area contributed by atoms with E-state index in [1.165, 1.54) is 6.92 Å². The highest BCUT2D eigenvalue weighted by atomic mass is 32.2. The summed E-state index contributed by atoms with van der Waals surface area (Å²) in [4.78, 5) is 11.0. The van der Waals surface area contributed by atoms with E-state index in [4.69, 9.17) is 0 Å². The minimum atomic E-state index is -4.12. The first kappa shape index (κ1) is 17.2. The lowest BCUT2D eigenvalue weighted by Gasteiger charge is -2.10. The van der Waals surface area contributed by atoms with E-state index in [9.17, 15) is 26.7 Å². The second-order valence-electron chi connectivity index (χ2n) is 4.12. The van der Waals surface area contributed by atoms with Crippen LogP contribution in [-0.4, -0.2) is 46.5 Å². The maximum atomic E-state index is 11.7. The molecule has 21 heavy (non-hydrogen) atoms. The normalized spacial score (nSPS) is 11.9. The molecule has 0 bridgehead atoms. The van der Waals surface area contributed by atoms with Crippen LogP contribution in [0.3, 0.4) is 0 Å². The fourth-order valence-corrected chi connectivity index (χ4v) is 3.00. The predicted molar refractivity (Wildman–Crippen MR) is 75.3 cm³/mol. The Morgan fingerprint density at radius 2 is 1.90 bits per heavy atom. The predicted octanol–water partition coefficient (Wildman–Crippen LogP) is 0.100. The highest BCUT2D eigenvalue weighted by molar-refractivity contribution is 7.93. The molecule has 0 aliphatic rings. The van der Waals surface area contributed by atoms with Gasteiger partial charge in [0.15, 0.2) is 15.6 Å². The Morgan fingerprint density at radius 1 is 1.29 bits per heavy atom. The van der Waals surface area contributed by atoms with Gasteiger partial charge in [0.2, 0.25) is 10.0 Å². The maximum Gasteiger partial charge on any atom is 0.323 e. The lowest BCUT2D eigenvalue weighted by atomic mass is 10.3. The van der Waals surface area contributed by atoms with Crippen LogP contribution in [0.1, 0.15) is 6.92 Å². The number of ether oxygens (including phenoxy) is 1. The van der Waals surface area contributed by atoms with Gasteiger partial charge >= 0.3 is 5.97 Å². The number of carbonyl (C=O) groups is 1. The number of phenolic OH excluding ortho intramolecular Hbond substituents is 1. The van der Waals surface area contributed by atoms with Crippen molar-refractivity contribution < 1.29 is 31.5 Å². The Hall–Kier alpha value is -1.81. The Labute approximate surface area is 122 Å². The fourth-order valence-electron chi connectivity index (χ4n) is 1.39. The number of sulfonamides is 1. The van der Waals surface area contributed by atoms with E-state index in [0.29, 0.717) is 0 Å². The quantitative estimate of drug-likeness (QED) is 0.556. The first-order valence-electron chi connectivity index (χ1n) is 5.74. The van der Waals surface area contributed by atoms with Gasteiger partial charge in [-0.25, -0.2) is 16.8 Å². The lowest BCUT2D eigenvalue weighted by Crippen LogP contribution is -2.24. The molecule has 2 N–H and O–H groups in total. The van der Waals surface area contributed by atoms with Crippen molar-refractivity contribution in [2.24, 2.45) is 0 Å². The molecular weight excluding hydrogens is 322 g/mol. The van der Waals surface area contributed by atoms with Crippen molar-refractivity contribution in [3.8, 4) is 5.75 Å². The average Bonchev–Trinajstić information content (AvgIpc) is 2.29. The number of aromatic hydroxyl groups is 1. The minimum absolute atomic E-state index is 0.0309. The van der Waals surface area contributed by atoms with Crippen molar-refractivity contribution >= 4 is 31.5 Å². The average molecular weight is 337 g/mol. The standard InChI is InChI=1S/C11H15NO7S2/c1-3-19-11(14)7-21(17,18)12-9-6-8(20(2,15)16)4-5-10(9)13/h4-6,12-13H,3,7H2,1-2H3. The van der Waals surface area contributed by atoms with Crippen molar-refractivity contribution in [3.05, 3.63) is 18.2 Å². The van der Waals surface area contributed by atoms with Crippen LogP contribution in [0.5, 0.6) is 5.75 Å². The molecule has 0 aliphatic carbocycles. The topological polar surface area (TPSA) is 127 Å². The molecule has 0 aliphatic heterocycles. The van der Waals surface area contributed by atoms with Gasteiger partial charge in [0.25, 0.3) is 0 Å². The van der Waals surface area contributed by atoms with E-state index in [2.05, 4.69) is 4.74 Å². The number of esters is 1. The van der Waals surface area contributed by atoms with Crippen LogP contribution in [0.2, 0.25) is 0 Å². The Morgan fingerprint density at radius 3 is 2.43 bits per heavy atom. The summed E-state index contributed by atoms with van der Waals surface area (Å²) in [6.07, 6.45) is 0.941. The van der Waals surface area contributed by atoms with Crippen LogP contribution in [0.4, 0.5) is 5.69 Å². The van der Waals surface area contributed by atoms with Crippen molar-refractivity contribution in [1.29, 1.82) is 0 Å². The van der Waals surface area contributed by atoms with Gasteiger partial charge in [0, 0.05) is 6.26 Å². The molecule has 118 valence electrons. The number of benzene rings is 1. The number of rotatable bonds is 6. The van der Waals surface area contributed by atoms with Crippen molar-refractivity contribution in [3.63, 3.8) is 0 Å². The third kappa shape index (κ3) is 5.23. The van der Waals surface area contributed by atoms with Crippen molar-refractivity contribution in [1.82, 2.24) is 0 Å². The van der Waals surface area contributed by atoms with Gasteiger partial charge < -0.3 is 9.84 Å². The molecule has 0 saturated heterocycles. The smallest absolute Gasteiger partial charge is 0.323 e. The summed E-state index contributed by atoms with van der Waals surface area (Å²) < 4.78 is 52.7. The zero-order valence-corrected chi connectivity index (χ0v) is 13.0. The molecule has 10 heteroatoms. The first-order valence-corrected chi connectivity index (χ1v) is 9.28. The molecule has 0 fully saturated rings. The molecule has 1 rings (SSSR count). The number of carbonyl (C=O) groups excluding carboxylic acids is 1. The van der Waals surface area contributed by atoms with Gasteiger partial charge in [0.05, 0.1) is 17.2 Å². The largest absolute Gasteiger partial charge is 0.506 e. The molecule has 0 atom stereocenters. The molecule has 0 spiro atoms. The summed E-state index contributed by atoms with van der Waals surface area (Å²) >= 11 is 0. The second-order valence-corrected chi connectivity index (χ2v) is 7.86. The monoisotopic (exact) mass is 337 g/mol.